The molecule has 3 rings (SSSR count). The van der Waals surface area contributed by atoms with Crippen molar-refractivity contribution in [2.45, 2.75) is 4.90 Å². The van der Waals surface area contributed by atoms with Crippen LogP contribution in [-0.4, -0.2) is 23.4 Å². The number of rotatable bonds is 4. The van der Waals surface area contributed by atoms with Crippen LogP contribution < -0.4 is 10.5 Å². The first-order chi connectivity index (χ1) is 11.0. The normalized spacial score (nSPS) is 11.2. The van der Waals surface area contributed by atoms with Gasteiger partial charge >= 0.3 is 0 Å². The number of aromatic nitrogens is 3. The summed E-state index contributed by atoms with van der Waals surface area (Å²) in [5.41, 5.74) is 1.90. The first kappa shape index (κ1) is 15.1. The van der Waals surface area contributed by atoms with Crippen LogP contribution in [0.4, 0.5) is 11.6 Å². The molecule has 2 aromatic heterocycles. The molecule has 23 heavy (non-hydrogen) atoms. The zero-order valence-electron chi connectivity index (χ0n) is 11.9. The standard InChI is InChI=1S/C15H13N5O2S/c16-23(21,22)12-5-3-4-11(10-12)19-15-18-9-7-14(20-15)13-6-1-2-8-17-13/h1-10H,(H2,16,21,22)(H,18,19,20). The van der Waals surface area contributed by atoms with Gasteiger partial charge in [0.2, 0.25) is 16.0 Å². The van der Waals surface area contributed by atoms with E-state index in [-0.39, 0.29) is 4.90 Å². The number of nitrogens with zero attached hydrogens (tertiary/aromatic N) is 3. The van der Waals surface area contributed by atoms with Crippen molar-refractivity contribution in [2.75, 3.05) is 5.32 Å². The Morgan fingerprint density at radius 1 is 0.913 bits per heavy atom. The largest absolute Gasteiger partial charge is 0.324 e. The topological polar surface area (TPSA) is 111 Å². The molecular formula is C15H13N5O2S. The third kappa shape index (κ3) is 3.68. The first-order valence-corrected chi connectivity index (χ1v) is 8.21. The van der Waals surface area contributed by atoms with E-state index in [9.17, 15) is 8.42 Å². The lowest BCUT2D eigenvalue weighted by atomic mass is 10.2. The van der Waals surface area contributed by atoms with Crippen molar-refractivity contribution in [3.8, 4) is 11.4 Å². The van der Waals surface area contributed by atoms with Crippen molar-refractivity contribution in [2.24, 2.45) is 5.14 Å². The van der Waals surface area contributed by atoms with Gasteiger partial charge in [-0.15, -0.1) is 0 Å². The summed E-state index contributed by atoms with van der Waals surface area (Å²) in [6.07, 6.45) is 3.28. The lowest BCUT2D eigenvalue weighted by molar-refractivity contribution is 0.598. The number of anilines is 2. The molecule has 7 nitrogen and oxygen atoms in total. The molecule has 116 valence electrons. The molecule has 1 aromatic carbocycles. The van der Waals surface area contributed by atoms with E-state index in [2.05, 4.69) is 20.3 Å². The number of hydrogen-bond donors (Lipinski definition) is 2. The minimum Gasteiger partial charge on any atom is -0.324 e. The molecular weight excluding hydrogens is 314 g/mol. The second-order valence-corrected chi connectivity index (χ2v) is 6.24. The van der Waals surface area contributed by atoms with Crippen molar-refractivity contribution in [3.05, 3.63) is 60.9 Å². The summed E-state index contributed by atoms with van der Waals surface area (Å²) in [5.74, 6) is 0.333. The summed E-state index contributed by atoms with van der Waals surface area (Å²) in [5, 5.41) is 8.08. The van der Waals surface area contributed by atoms with Gasteiger partial charge in [-0.25, -0.2) is 23.5 Å². The fraction of sp³-hybridized carbons (Fsp3) is 0. The van der Waals surface area contributed by atoms with E-state index in [0.717, 1.165) is 5.69 Å². The van der Waals surface area contributed by atoms with Gasteiger partial charge < -0.3 is 5.32 Å². The van der Waals surface area contributed by atoms with Crippen LogP contribution in [0.15, 0.2) is 65.8 Å². The van der Waals surface area contributed by atoms with Crippen LogP contribution in [0.1, 0.15) is 0 Å². The predicted octanol–water partition coefficient (Wildman–Crippen LogP) is 1.93. The Labute approximate surface area is 133 Å². The minimum absolute atomic E-state index is 0.0170. The summed E-state index contributed by atoms with van der Waals surface area (Å²) in [4.78, 5) is 12.7. The molecule has 0 spiro atoms. The van der Waals surface area contributed by atoms with Gasteiger partial charge in [-0.2, -0.15) is 0 Å². The van der Waals surface area contributed by atoms with Gasteiger partial charge in [-0.1, -0.05) is 12.1 Å². The van der Waals surface area contributed by atoms with E-state index in [1.165, 1.54) is 12.1 Å². The molecule has 3 aromatic rings. The van der Waals surface area contributed by atoms with Crippen LogP contribution >= 0.6 is 0 Å². The number of pyridine rings is 1. The molecule has 0 saturated heterocycles. The molecule has 0 radical (unpaired) electrons. The summed E-state index contributed by atoms with van der Waals surface area (Å²) in [6, 6.07) is 13.4. The fourth-order valence-electron chi connectivity index (χ4n) is 1.96. The number of nitrogens with two attached hydrogens (primary N) is 1. The molecule has 0 fully saturated rings. The van der Waals surface area contributed by atoms with Crippen molar-refractivity contribution in [1.82, 2.24) is 15.0 Å². The molecule has 0 unspecified atom stereocenters. The summed E-state index contributed by atoms with van der Waals surface area (Å²) in [6.45, 7) is 0. The highest BCUT2D eigenvalue weighted by atomic mass is 32.2. The Balaban J connectivity index is 1.90. The molecule has 0 saturated carbocycles. The van der Waals surface area contributed by atoms with Gasteiger partial charge in [-0.05, 0) is 36.4 Å². The molecule has 8 heteroatoms. The van der Waals surface area contributed by atoms with Gasteiger partial charge in [0.25, 0.3) is 0 Å². The van der Waals surface area contributed by atoms with Crippen molar-refractivity contribution >= 4 is 21.7 Å². The Hall–Kier alpha value is -2.84. The Morgan fingerprint density at radius 3 is 2.52 bits per heavy atom. The maximum absolute atomic E-state index is 11.4. The summed E-state index contributed by atoms with van der Waals surface area (Å²) >= 11 is 0. The van der Waals surface area contributed by atoms with Gasteiger partial charge in [0.1, 0.15) is 0 Å². The van der Waals surface area contributed by atoms with E-state index in [4.69, 9.17) is 5.14 Å². The molecule has 0 aliphatic rings. The first-order valence-electron chi connectivity index (χ1n) is 6.67. The van der Waals surface area contributed by atoms with Crippen LogP contribution in [0.3, 0.4) is 0 Å². The van der Waals surface area contributed by atoms with Gasteiger partial charge in [0.05, 0.1) is 16.3 Å². The summed E-state index contributed by atoms with van der Waals surface area (Å²) < 4.78 is 22.8. The fourth-order valence-corrected chi connectivity index (χ4v) is 2.52. The SMILES string of the molecule is NS(=O)(=O)c1cccc(Nc2nccc(-c3ccccn3)n2)c1. The van der Waals surface area contributed by atoms with Crippen molar-refractivity contribution < 1.29 is 8.42 Å². The maximum atomic E-state index is 11.4. The number of hydrogen-bond acceptors (Lipinski definition) is 6. The Morgan fingerprint density at radius 2 is 1.78 bits per heavy atom. The van der Waals surface area contributed by atoms with Crippen molar-refractivity contribution in [3.63, 3.8) is 0 Å². The third-order valence-corrected chi connectivity index (χ3v) is 3.91. The van der Waals surface area contributed by atoms with E-state index >= 15 is 0 Å². The quantitative estimate of drug-likeness (QED) is 0.757. The van der Waals surface area contributed by atoms with Crippen LogP contribution in [-0.2, 0) is 10.0 Å². The minimum atomic E-state index is -3.76. The van der Waals surface area contributed by atoms with E-state index in [0.29, 0.717) is 17.3 Å². The second-order valence-electron chi connectivity index (χ2n) is 4.68. The van der Waals surface area contributed by atoms with Crippen LogP contribution in [0, 0.1) is 0 Å². The smallest absolute Gasteiger partial charge is 0.238 e. The van der Waals surface area contributed by atoms with Crippen LogP contribution in [0.2, 0.25) is 0 Å². The molecule has 0 amide bonds. The average Bonchev–Trinajstić information content (AvgIpc) is 2.55. The van der Waals surface area contributed by atoms with Gasteiger partial charge in [-0.3, -0.25) is 4.98 Å². The molecule has 2 heterocycles. The Bertz CT molecular complexity index is 929. The number of primary sulfonamides is 1. The van der Waals surface area contributed by atoms with Gasteiger partial charge in [0.15, 0.2) is 0 Å². The lowest BCUT2D eigenvalue weighted by Crippen LogP contribution is -2.12. The molecule has 0 atom stereocenters. The second kappa shape index (κ2) is 6.11. The molecule has 0 aliphatic carbocycles. The zero-order valence-corrected chi connectivity index (χ0v) is 12.7. The van der Waals surface area contributed by atoms with E-state index in [1.54, 1.807) is 30.6 Å². The number of nitrogens with one attached hydrogen (secondary N) is 1. The van der Waals surface area contributed by atoms with Crippen LogP contribution in [0.25, 0.3) is 11.4 Å². The van der Waals surface area contributed by atoms with E-state index in [1.807, 2.05) is 18.2 Å². The third-order valence-electron chi connectivity index (χ3n) is 3.00. The zero-order chi connectivity index (χ0) is 16.3. The maximum Gasteiger partial charge on any atom is 0.238 e. The number of sulfonamides is 1. The average molecular weight is 327 g/mol. The van der Waals surface area contributed by atoms with Crippen molar-refractivity contribution in [1.29, 1.82) is 0 Å². The van der Waals surface area contributed by atoms with Crippen LogP contribution in [0.5, 0.6) is 0 Å². The highest BCUT2D eigenvalue weighted by Gasteiger charge is 2.09. The molecule has 0 bridgehead atoms. The summed E-state index contributed by atoms with van der Waals surface area (Å²) in [7, 11) is -3.76. The molecule has 3 N–H and O–H groups in total. The lowest BCUT2D eigenvalue weighted by Gasteiger charge is -2.07. The highest BCUT2D eigenvalue weighted by Crippen LogP contribution is 2.19. The van der Waals surface area contributed by atoms with E-state index < -0.39 is 10.0 Å². The highest BCUT2D eigenvalue weighted by molar-refractivity contribution is 7.89. The molecule has 0 aliphatic heterocycles. The predicted molar refractivity (Wildman–Crippen MR) is 86.4 cm³/mol. The monoisotopic (exact) mass is 327 g/mol. The van der Waals surface area contributed by atoms with Gasteiger partial charge in [0, 0.05) is 18.1 Å². The Kier molecular flexibility index (Phi) is 4.00. The number of benzene rings is 1.